The summed E-state index contributed by atoms with van der Waals surface area (Å²) < 4.78 is 0. The highest BCUT2D eigenvalue weighted by molar-refractivity contribution is 6.02. The summed E-state index contributed by atoms with van der Waals surface area (Å²) in [5.74, 6) is 0.374. The van der Waals surface area contributed by atoms with Crippen molar-refractivity contribution < 1.29 is 4.79 Å². The number of carbonyl (C=O) groups is 1. The van der Waals surface area contributed by atoms with Crippen LogP contribution in [0.1, 0.15) is 27.2 Å². The third kappa shape index (κ3) is 4.27. The summed E-state index contributed by atoms with van der Waals surface area (Å²) in [6.07, 6.45) is 5.98. The van der Waals surface area contributed by atoms with Crippen LogP contribution in [0.15, 0.2) is 61.1 Å². The number of hydrogen-bond donors (Lipinski definition) is 3. The lowest BCUT2D eigenvalue weighted by atomic mass is 10.1. The Balaban J connectivity index is 1.33. The molecule has 0 aliphatic rings. The van der Waals surface area contributed by atoms with Crippen LogP contribution in [0.4, 0.5) is 11.5 Å². The molecule has 29 heavy (non-hydrogen) atoms. The Morgan fingerprint density at radius 2 is 1.90 bits per heavy atom. The van der Waals surface area contributed by atoms with Crippen molar-refractivity contribution in [2.45, 2.75) is 20.3 Å². The van der Waals surface area contributed by atoms with Crippen LogP contribution in [0.2, 0.25) is 0 Å². The number of aromatic nitrogens is 3. The first-order chi connectivity index (χ1) is 14.1. The van der Waals surface area contributed by atoms with Gasteiger partial charge in [-0.3, -0.25) is 4.79 Å². The summed E-state index contributed by atoms with van der Waals surface area (Å²) in [4.78, 5) is 24.2. The number of fused-ring (bicyclic) bond motifs is 1. The number of nitrogens with one attached hydrogen (secondary N) is 3. The normalized spacial score (nSPS) is 10.8. The molecule has 6 heteroatoms. The maximum Gasteiger partial charge on any atom is 0.275 e. The topological polar surface area (TPSA) is 82.7 Å². The van der Waals surface area contributed by atoms with Crippen molar-refractivity contribution in [3.8, 4) is 0 Å². The van der Waals surface area contributed by atoms with Gasteiger partial charge in [-0.15, -0.1) is 0 Å². The van der Waals surface area contributed by atoms with Gasteiger partial charge < -0.3 is 15.6 Å². The van der Waals surface area contributed by atoms with Crippen molar-refractivity contribution in [2.75, 3.05) is 17.2 Å². The van der Waals surface area contributed by atoms with Gasteiger partial charge in [-0.25, -0.2) is 9.97 Å². The van der Waals surface area contributed by atoms with E-state index >= 15 is 0 Å². The molecule has 6 nitrogen and oxygen atoms in total. The van der Waals surface area contributed by atoms with E-state index in [0.717, 1.165) is 29.7 Å². The highest BCUT2D eigenvalue weighted by atomic mass is 16.1. The summed E-state index contributed by atoms with van der Waals surface area (Å²) >= 11 is 0. The lowest BCUT2D eigenvalue weighted by molar-refractivity contribution is 0.102. The standard InChI is InChI=1S/C23H23N5O/c1-15-7-8-18(11-16(15)2)28-23(29)21-13-27-22(14-26-21)24-10-9-17-12-25-20-6-4-3-5-19(17)20/h3-8,11-14,25H,9-10H2,1-2H3,(H,24,27)(H,28,29). The third-order valence-electron chi connectivity index (χ3n) is 5.02. The van der Waals surface area contributed by atoms with Gasteiger partial charge in [-0.05, 0) is 55.2 Å². The predicted octanol–water partition coefficient (Wildman–Crippen LogP) is 4.48. The minimum atomic E-state index is -0.272. The zero-order valence-corrected chi connectivity index (χ0v) is 16.5. The van der Waals surface area contributed by atoms with E-state index in [0.29, 0.717) is 5.82 Å². The molecule has 1 amide bonds. The van der Waals surface area contributed by atoms with E-state index < -0.39 is 0 Å². The number of benzene rings is 2. The van der Waals surface area contributed by atoms with Crippen molar-refractivity contribution in [1.82, 2.24) is 15.0 Å². The van der Waals surface area contributed by atoms with Crippen LogP contribution in [0.25, 0.3) is 10.9 Å². The van der Waals surface area contributed by atoms with Gasteiger partial charge in [0.25, 0.3) is 5.91 Å². The molecule has 0 bridgehead atoms. The van der Waals surface area contributed by atoms with Gasteiger partial charge in [0.15, 0.2) is 0 Å². The van der Waals surface area contributed by atoms with Gasteiger partial charge in [-0.2, -0.15) is 0 Å². The molecule has 146 valence electrons. The molecule has 0 aliphatic carbocycles. The van der Waals surface area contributed by atoms with Gasteiger partial charge in [0.2, 0.25) is 0 Å². The number of amides is 1. The van der Waals surface area contributed by atoms with Crippen LogP contribution in [0.5, 0.6) is 0 Å². The molecule has 0 aliphatic heterocycles. The zero-order chi connectivity index (χ0) is 20.2. The number of H-pyrrole nitrogens is 1. The van der Waals surface area contributed by atoms with Gasteiger partial charge in [0, 0.05) is 29.3 Å². The summed E-state index contributed by atoms with van der Waals surface area (Å²) in [6, 6.07) is 14.1. The molecule has 2 heterocycles. The number of hydrogen-bond acceptors (Lipinski definition) is 4. The maximum atomic E-state index is 12.4. The lowest BCUT2D eigenvalue weighted by Gasteiger charge is -2.08. The predicted molar refractivity (Wildman–Crippen MR) is 116 cm³/mol. The van der Waals surface area contributed by atoms with Crippen molar-refractivity contribution in [2.24, 2.45) is 0 Å². The Morgan fingerprint density at radius 3 is 2.69 bits per heavy atom. The first-order valence-electron chi connectivity index (χ1n) is 9.59. The van der Waals surface area contributed by atoms with Crippen molar-refractivity contribution >= 4 is 28.3 Å². The Labute approximate surface area is 169 Å². The lowest BCUT2D eigenvalue weighted by Crippen LogP contribution is -2.15. The molecule has 2 aromatic carbocycles. The second-order valence-electron chi connectivity index (χ2n) is 7.08. The fourth-order valence-electron chi connectivity index (χ4n) is 3.21. The van der Waals surface area contributed by atoms with E-state index in [4.69, 9.17) is 0 Å². The van der Waals surface area contributed by atoms with Crippen LogP contribution in [0.3, 0.4) is 0 Å². The Hall–Kier alpha value is -3.67. The number of nitrogens with zero attached hydrogens (tertiary/aromatic N) is 2. The molecule has 0 saturated carbocycles. The van der Waals surface area contributed by atoms with Crippen LogP contribution in [-0.4, -0.2) is 27.4 Å². The number of rotatable bonds is 6. The molecule has 0 atom stereocenters. The first-order valence-corrected chi connectivity index (χ1v) is 9.59. The Morgan fingerprint density at radius 1 is 1.03 bits per heavy atom. The molecule has 0 spiro atoms. The highest BCUT2D eigenvalue weighted by Gasteiger charge is 2.09. The second kappa shape index (κ2) is 8.14. The van der Waals surface area contributed by atoms with Gasteiger partial charge in [-0.1, -0.05) is 24.3 Å². The van der Waals surface area contributed by atoms with Gasteiger partial charge >= 0.3 is 0 Å². The highest BCUT2D eigenvalue weighted by Crippen LogP contribution is 2.18. The molecule has 4 rings (SSSR count). The van der Waals surface area contributed by atoms with Crippen LogP contribution >= 0.6 is 0 Å². The van der Waals surface area contributed by atoms with Crippen LogP contribution < -0.4 is 10.6 Å². The van der Waals surface area contributed by atoms with Crippen molar-refractivity contribution in [3.05, 3.63) is 83.4 Å². The van der Waals surface area contributed by atoms with E-state index in [-0.39, 0.29) is 11.6 Å². The molecular formula is C23H23N5O. The molecule has 3 N–H and O–H groups in total. The molecule has 0 fully saturated rings. The third-order valence-corrected chi connectivity index (χ3v) is 5.02. The molecular weight excluding hydrogens is 362 g/mol. The van der Waals surface area contributed by atoms with E-state index in [1.165, 1.54) is 22.7 Å². The Kier molecular flexibility index (Phi) is 5.24. The van der Waals surface area contributed by atoms with Crippen LogP contribution in [-0.2, 0) is 6.42 Å². The minimum absolute atomic E-state index is 0.272. The zero-order valence-electron chi connectivity index (χ0n) is 16.5. The van der Waals surface area contributed by atoms with Crippen molar-refractivity contribution in [1.29, 1.82) is 0 Å². The smallest absolute Gasteiger partial charge is 0.275 e. The number of anilines is 2. The fraction of sp³-hybridized carbons (Fsp3) is 0.174. The van der Waals surface area contributed by atoms with Gasteiger partial charge in [0.05, 0.1) is 12.4 Å². The average molecular weight is 385 g/mol. The second-order valence-corrected chi connectivity index (χ2v) is 7.08. The summed E-state index contributed by atoms with van der Waals surface area (Å²) in [5.41, 5.74) is 5.74. The molecule has 4 aromatic rings. The Bertz CT molecular complexity index is 1150. The summed E-state index contributed by atoms with van der Waals surface area (Å²) in [7, 11) is 0. The number of para-hydroxylation sites is 1. The van der Waals surface area contributed by atoms with E-state index in [9.17, 15) is 4.79 Å². The first kappa shape index (κ1) is 18.7. The number of aryl methyl sites for hydroxylation is 2. The number of carbonyl (C=O) groups excluding carboxylic acids is 1. The monoisotopic (exact) mass is 385 g/mol. The average Bonchev–Trinajstić information content (AvgIpc) is 3.14. The molecule has 0 radical (unpaired) electrons. The maximum absolute atomic E-state index is 12.4. The minimum Gasteiger partial charge on any atom is -0.368 e. The van der Waals surface area contributed by atoms with Crippen molar-refractivity contribution in [3.63, 3.8) is 0 Å². The number of aromatic amines is 1. The SMILES string of the molecule is Cc1ccc(NC(=O)c2cnc(NCCc3c[nH]c4ccccc34)cn2)cc1C. The molecule has 0 unspecified atom stereocenters. The van der Waals surface area contributed by atoms with Gasteiger partial charge in [0.1, 0.15) is 11.5 Å². The molecule has 2 aromatic heterocycles. The molecule has 0 saturated heterocycles. The summed E-state index contributed by atoms with van der Waals surface area (Å²) in [6.45, 7) is 4.78. The largest absolute Gasteiger partial charge is 0.368 e. The summed E-state index contributed by atoms with van der Waals surface area (Å²) in [5, 5.41) is 7.35. The quantitative estimate of drug-likeness (QED) is 0.457. The fourth-order valence-corrected chi connectivity index (χ4v) is 3.21. The van der Waals surface area contributed by atoms with E-state index in [2.05, 4.69) is 37.7 Å². The van der Waals surface area contributed by atoms with E-state index in [1.807, 2.05) is 50.4 Å². The van der Waals surface area contributed by atoms with Crippen LogP contribution in [0, 0.1) is 13.8 Å². The van der Waals surface area contributed by atoms with E-state index in [1.54, 1.807) is 6.20 Å².